The maximum Gasteiger partial charge on any atom is 0.243 e. The number of aryl methyl sites for hydroxylation is 1. The quantitative estimate of drug-likeness (QED) is 0.686. The van der Waals surface area contributed by atoms with E-state index in [4.69, 9.17) is 4.74 Å². The Morgan fingerprint density at radius 2 is 1.88 bits per heavy atom. The molecule has 5 heteroatoms. The van der Waals surface area contributed by atoms with Crippen molar-refractivity contribution in [2.24, 2.45) is 0 Å². The van der Waals surface area contributed by atoms with Crippen molar-refractivity contribution >= 4 is 10.0 Å². The second-order valence-corrected chi connectivity index (χ2v) is 9.29. The normalized spacial score (nSPS) is 20.1. The second-order valence-electron chi connectivity index (χ2n) is 7.40. The summed E-state index contributed by atoms with van der Waals surface area (Å²) in [5.41, 5.74) is 1.73. The van der Waals surface area contributed by atoms with E-state index in [1.807, 2.05) is 52.8 Å². The van der Waals surface area contributed by atoms with Gasteiger partial charge in [0.15, 0.2) is 0 Å². The molecule has 1 aromatic carbocycles. The standard InChI is InChI=1S/C20H29NO3S/c1-7-8-17-13-20(5,6)24-19(17)14-21(15(2)3)25(22,23)18-11-9-16(4)10-12-18/h7,9-13,15,19H,1,8,14H2,2-6H3/t19-/m0/s1. The van der Waals surface area contributed by atoms with Crippen LogP contribution in [0.1, 0.15) is 39.7 Å². The molecule has 0 saturated carbocycles. The van der Waals surface area contributed by atoms with E-state index in [-0.39, 0.29) is 17.7 Å². The molecule has 0 bridgehead atoms. The van der Waals surface area contributed by atoms with Crippen molar-refractivity contribution < 1.29 is 13.2 Å². The van der Waals surface area contributed by atoms with Crippen LogP contribution in [0.4, 0.5) is 0 Å². The molecule has 0 aliphatic carbocycles. The van der Waals surface area contributed by atoms with E-state index in [0.717, 1.165) is 11.1 Å². The number of rotatable bonds is 7. The summed E-state index contributed by atoms with van der Waals surface area (Å²) in [6.45, 7) is 13.8. The zero-order valence-corrected chi connectivity index (χ0v) is 16.6. The summed E-state index contributed by atoms with van der Waals surface area (Å²) in [6, 6.07) is 6.82. The second kappa shape index (κ2) is 7.44. The Bertz CT molecular complexity index is 746. The molecule has 0 fully saturated rings. The third kappa shape index (κ3) is 4.60. The molecule has 138 valence electrons. The molecular formula is C20H29NO3S. The Labute approximate surface area is 152 Å². The maximum atomic E-state index is 13.1. The highest BCUT2D eigenvalue weighted by Crippen LogP contribution is 2.32. The van der Waals surface area contributed by atoms with Crippen LogP contribution in [0.25, 0.3) is 0 Å². The van der Waals surface area contributed by atoms with Gasteiger partial charge in [-0.1, -0.05) is 29.8 Å². The summed E-state index contributed by atoms with van der Waals surface area (Å²) in [4.78, 5) is 0.318. The molecule has 0 unspecified atom stereocenters. The molecule has 25 heavy (non-hydrogen) atoms. The molecule has 1 aliphatic rings. The van der Waals surface area contributed by atoms with E-state index in [1.54, 1.807) is 12.1 Å². The first-order valence-corrected chi connectivity index (χ1v) is 10.1. The van der Waals surface area contributed by atoms with Crippen LogP contribution in [-0.2, 0) is 14.8 Å². The summed E-state index contributed by atoms with van der Waals surface area (Å²) in [5, 5.41) is 0. The molecule has 0 radical (unpaired) electrons. The number of ether oxygens (including phenoxy) is 1. The molecule has 0 saturated heterocycles. The lowest BCUT2D eigenvalue weighted by Gasteiger charge is -2.30. The lowest BCUT2D eigenvalue weighted by molar-refractivity contribution is -0.0106. The van der Waals surface area contributed by atoms with Crippen molar-refractivity contribution in [2.45, 2.75) is 63.7 Å². The Morgan fingerprint density at radius 3 is 2.40 bits per heavy atom. The number of sulfonamides is 1. The average molecular weight is 364 g/mol. The summed E-state index contributed by atoms with van der Waals surface area (Å²) >= 11 is 0. The summed E-state index contributed by atoms with van der Waals surface area (Å²) in [6.07, 6.45) is 4.36. The van der Waals surface area contributed by atoms with Crippen LogP contribution in [0.15, 0.2) is 53.5 Å². The van der Waals surface area contributed by atoms with Crippen molar-refractivity contribution in [3.05, 3.63) is 54.1 Å². The SMILES string of the molecule is C=CCC1=CC(C)(C)O[C@H]1CN(C(C)C)S(=O)(=O)c1ccc(C)cc1. The van der Waals surface area contributed by atoms with Crippen LogP contribution in [0.2, 0.25) is 0 Å². The summed E-state index contributed by atoms with van der Waals surface area (Å²) < 4.78 is 33.9. The van der Waals surface area contributed by atoms with Crippen LogP contribution in [0, 0.1) is 6.92 Å². The fourth-order valence-corrected chi connectivity index (χ4v) is 4.76. The topological polar surface area (TPSA) is 46.6 Å². The van der Waals surface area contributed by atoms with Gasteiger partial charge in [-0.05, 0) is 58.7 Å². The summed E-state index contributed by atoms with van der Waals surface area (Å²) in [7, 11) is -3.58. The van der Waals surface area contributed by atoms with Crippen LogP contribution in [0.5, 0.6) is 0 Å². The molecule has 0 aromatic heterocycles. The third-order valence-corrected chi connectivity index (χ3v) is 6.38. The smallest absolute Gasteiger partial charge is 0.243 e. The largest absolute Gasteiger partial charge is 0.363 e. The van der Waals surface area contributed by atoms with E-state index in [9.17, 15) is 8.42 Å². The highest BCUT2D eigenvalue weighted by Gasteiger charge is 2.37. The Morgan fingerprint density at radius 1 is 1.28 bits per heavy atom. The van der Waals surface area contributed by atoms with E-state index < -0.39 is 10.0 Å². The van der Waals surface area contributed by atoms with Crippen LogP contribution in [-0.4, -0.2) is 37.0 Å². The predicted octanol–water partition coefficient (Wildman–Crippen LogP) is 4.07. The molecule has 0 spiro atoms. The molecule has 4 nitrogen and oxygen atoms in total. The highest BCUT2D eigenvalue weighted by atomic mass is 32.2. The Kier molecular flexibility index (Phi) is 5.92. The first-order chi connectivity index (χ1) is 11.6. The van der Waals surface area contributed by atoms with Gasteiger partial charge in [-0.15, -0.1) is 6.58 Å². The fourth-order valence-electron chi connectivity index (χ4n) is 3.12. The van der Waals surface area contributed by atoms with E-state index in [0.29, 0.717) is 17.9 Å². The number of hydrogen-bond donors (Lipinski definition) is 0. The number of benzene rings is 1. The van der Waals surface area contributed by atoms with Gasteiger partial charge in [0, 0.05) is 12.6 Å². The van der Waals surface area contributed by atoms with Crippen molar-refractivity contribution in [1.29, 1.82) is 0 Å². The zero-order valence-electron chi connectivity index (χ0n) is 15.8. The van der Waals surface area contributed by atoms with Gasteiger partial charge < -0.3 is 4.74 Å². The monoisotopic (exact) mass is 363 g/mol. The maximum absolute atomic E-state index is 13.1. The third-order valence-electron chi connectivity index (χ3n) is 4.32. The molecule has 1 atom stereocenters. The van der Waals surface area contributed by atoms with Gasteiger partial charge in [0.1, 0.15) is 0 Å². The molecule has 1 aliphatic heterocycles. The molecule has 1 heterocycles. The molecule has 2 rings (SSSR count). The summed E-state index contributed by atoms with van der Waals surface area (Å²) in [5.74, 6) is 0. The average Bonchev–Trinajstić information content (AvgIpc) is 2.79. The molecule has 1 aromatic rings. The predicted molar refractivity (Wildman–Crippen MR) is 102 cm³/mol. The van der Waals surface area contributed by atoms with Gasteiger partial charge in [0.2, 0.25) is 10.0 Å². The first-order valence-electron chi connectivity index (χ1n) is 8.65. The molecule has 0 amide bonds. The van der Waals surface area contributed by atoms with Crippen molar-refractivity contribution in [3.63, 3.8) is 0 Å². The minimum absolute atomic E-state index is 0.163. The van der Waals surface area contributed by atoms with Gasteiger partial charge >= 0.3 is 0 Å². The molecule has 0 N–H and O–H groups in total. The number of nitrogens with zero attached hydrogens (tertiary/aromatic N) is 1. The first kappa shape index (κ1) is 19.9. The van der Waals surface area contributed by atoms with E-state index >= 15 is 0 Å². The lowest BCUT2D eigenvalue weighted by Crippen LogP contribution is -2.43. The van der Waals surface area contributed by atoms with Crippen molar-refractivity contribution in [2.75, 3.05) is 6.54 Å². The van der Waals surface area contributed by atoms with Gasteiger partial charge in [-0.2, -0.15) is 4.31 Å². The van der Waals surface area contributed by atoms with Crippen molar-refractivity contribution in [3.8, 4) is 0 Å². The van der Waals surface area contributed by atoms with Crippen LogP contribution >= 0.6 is 0 Å². The van der Waals surface area contributed by atoms with Gasteiger partial charge in [0.25, 0.3) is 0 Å². The van der Waals surface area contributed by atoms with Crippen molar-refractivity contribution in [1.82, 2.24) is 4.31 Å². The highest BCUT2D eigenvalue weighted by molar-refractivity contribution is 7.89. The fraction of sp³-hybridized carbons (Fsp3) is 0.500. The lowest BCUT2D eigenvalue weighted by atomic mass is 10.0. The van der Waals surface area contributed by atoms with Gasteiger partial charge in [0.05, 0.1) is 16.6 Å². The van der Waals surface area contributed by atoms with E-state index in [2.05, 4.69) is 12.7 Å². The Hall–Kier alpha value is -1.43. The number of hydrogen-bond acceptors (Lipinski definition) is 3. The zero-order chi connectivity index (χ0) is 18.8. The minimum Gasteiger partial charge on any atom is -0.363 e. The van der Waals surface area contributed by atoms with Gasteiger partial charge in [-0.25, -0.2) is 8.42 Å². The minimum atomic E-state index is -3.58. The number of allylic oxidation sites excluding steroid dienone is 1. The van der Waals surface area contributed by atoms with E-state index in [1.165, 1.54) is 4.31 Å². The Balaban J connectivity index is 2.31. The molecular weight excluding hydrogens is 334 g/mol. The van der Waals surface area contributed by atoms with Crippen LogP contribution < -0.4 is 0 Å². The van der Waals surface area contributed by atoms with Crippen LogP contribution in [0.3, 0.4) is 0 Å². The van der Waals surface area contributed by atoms with Gasteiger partial charge in [-0.3, -0.25) is 0 Å².